The molecule has 0 heterocycles. The largest absolute Gasteiger partial charge is 0.756 e. The van der Waals surface area contributed by atoms with E-state index in [0.29, 0.717) is 24.1 Å². The molecule has 0 radical (unpaired) electrons. The zero-order valence-corrected chi connectivity index (χ0v) is 40.6. The summed E-state index contributed by atoms with van der Waals surface area (Å²) in [6.45, 7) is 5.43. The fraction of sp³-hybridized carbons (Fsp3) is 0.900. The first-order chi connectivity index (χ1) is 28.6. The zero-order valence-electron chi connectivity index (χ0n) is 39.7. The van der Waals surface area contributed by atoms with Crippen molar-refractivity contribution in [3.05, 3.63) is 24.3 Å². The third kappa shape index (κ3) is 47.9. The highest BCUT2D eigenvalue weighted by molar-refractivity contribution is 7.45. The lowest BCUT2D eigenvalue weighted by molar-refractivity contribution is -0.870. The quantitative estimate of drug-likeness (QED) is 0.0198. The summed E-state index contributed by atoms with van der Waals surface area (Å²) in [5.74, 6) is -0.340. The summed E-state index contributed by atoms with van der Waals surface area (Å²) < 4.78 is 34.7. The van der Waals surface area contributed by atoms with E-state index < -0.39 is 13.9 Å². The number of likely N-dealkylation sites (N-methyl/N-ethyl adjacent to an activating group) is 1. The van der Waals surface area contributed by atoms with Gasteiger partial charge in [0.1, 0.15) is 19.3 Å². The van der Waals surface area contributed by atoms with Crippen molar-refractivity contribution < 1.29 is 37.3 Å². The second kappa shape index (κ2) is 43.6. The Morgan fingerprint density at radius 2 is 0.881 bits per heavy atom. The Hall–Kier alpha value is -1.02. The van der Waals surface area contributed by atoms with Gasteiger partial charge in [0.25, 0.3) is 7.82 Å². The Morgan fingerprint density at radius 3 is 1.29 bits per heavy atom. The maximum Gasteiger partial charge on any atom is 0.306 e. The van der Waals surface area contributed by atoms with Gasteiger partial charge in [-0.25, -0.2) is 0 Å². The molecule has 0 saturated heterocycles. The molecule has 0 saturated carbocycles. The number of carbonyl (C=O) groups excluding carboxylic acids is 1. The highest BCUT2D eigenvalue weighted by atomic mass is 31.2. The van der Waals surface area contributed by atoms with Crippen LogP contribution in [0.1, 0.15) is 232 Å². The van der Waals surface area contributed by atoms with E-state index in [0.717, 1.165) is 44.9 Å². The minimum absolute atomic E-state index is 0.0258. The van der Waals surface area contributed by atoms with Crippen molar-refractivity contribution in [2.75, 3.05) is 54.1 Å². The number of quaternary nitrogens is 1. The molecule has 0 bridgehead atoms. The summed E-state index contributed by atoms with van der Waals surface area (Å²) in [6, 6.07) is 0. The molecule has 2 unspecified atom stereocenters. The van der Waals surface area contributed by atoms with Crippen molar-refractivity contribution in [1.29, 1.82) is 0 Å². The highest BCUT2D eigenvalue weighted by Gasteiger charge is 2.20. The van der Waals surface area contributed by atoms with Crippen molar-refractivity contribution in [3.63, 3.8) is 0 Å². The number of phosphoric acid groups is 1. The molecule has 0 spiro atoms. The van der Waals surface area contributed by atoms with Crippen LogP contribution in [0.4, 0.5) is 0 Å². The third-order valence-electron chi connectivity index (χ3n) is 11.0. The first-order valence-corrected chi connectivity index (χ1v) is 26.5. The smallest absolute Gasteiger partial charge is 0.306 e. The SMILES string of the molecule is CCCCCCCC/C=C\CCCCCCCC(=O)OC(COCCCCCCCCCCCC/C=C\CCCCCCCCCC)COP(=O)([O-])OCC[N+](C)(C)C. The number of unbranched alkanes of at least 4 members (excludes halogenated alkanes) is 29. The van der Waals surface area contributed by atoms with Crippen LogP contribution < -0.4 is 4.89 Å². The van der Waals surface area contributed by atoms with Crippen molar-refractivity contribution in [2.45, 2.75) is 238 Å². The van der Waals surface area contributed by atoms with Crippen molar-refractivity contribution in [3.8, 4) is 0 Å². The Labute approximate surface area is 366 Å². The topological polar surface area (TPSA) is 94.1 Å². The van der Waals surface area contributed by atoms with Crippen molar-refractivity contribution in [2.24, 2.45) is 0 Å². The van der Waals surface area contributed by atoms with Gasteiger partial charge in [0, 0.05) is 13.0 Å². The van der Waals surface area contributed by atoms with E-state index in [2.05, 4.69) is 38.2 Å². The minimum atomic E-state index is -4.53. The zero-order chi connectivity index (χ0) is 43.4. The predicted octanol–water partition coefficient (Wildman–Crippen LogP) is 14.5. The maximum absolute atomic E-state index is 12.7. The summed E-state index contributed by atoms with van der Waals surface area (Å²) in [5.41, 5.74) is 0. The van der Waals surface area contributed by atoms with E-state index in [1.165, 1.54) is 167 Å². The number of ether oxygens (including phenoxy) is 2. The van der Waals surface area contributed by atoms with E-state index in [9.17, 15) is 14.3 Å². The van der Waals surface area contributed by atoms with Gasteiger partial charge in [0.05, 0.1) is 34.4 Å². The van der Waals surface area contributed by atoms with Crippen LogP contribution in [0.25, 0.3) is 0 Å². The number of carbonyl (C=O) groups is 1. The Kier molecular flexibility index (Phi) is 42.9. The maximum atomic E-state index is 12.7. The van der Waals surface area contributed by atoms with Crippen molar-refractivity contribution in [1.82, 2.24) is 0 Å². The molecule has 2 atom stereocenters. The number of rotatable bonds is 47. The van der Waals surface area contributed by atoms with Gasteiger partial charge in [-0.1, -0.05) is 186 Å². The lowest BCUT2D eigenvalue weighted by Crippen LogP contribution is -2.37. The van der Waals surface area contributed by atoms with E-state index in [-0.39, 0.29) is 25.8 Å². The van der Waals surface area contributed by atoms with E-state index >= 15 is 0 Å². The second-order valence-electron chi connectivity index (χ2n) is 18.2. The monoisotopic (exact) mass is 856 g/mol. The standard InChI is InChI=1S/C50H98NO7P/c1-6-8-10-12-14-16-18-20-22-23-24-25-26-27-28-30-32-34-36-38-40-42-45-55-47-49(48-57-59(53,54)56-46-44-51(3,4)5)58-50(52)43-41-39-37-35-33-31-29-21-19-17-15-13-11-9-7-2/h21,23-24,29,49H,6-20,22,25-28,30-48H2,1-5H3/b24-23-,29-21-. The second-order valence-corrected chi connectivity index (χ2v) is 19.6. The van der Waals surface area contributed by atoms with Crippen LogP contribution in [0.5, 0.6) is 0 Å². The molecule has 0 N–H and O–H groups in total. The number of hydrogen-bond acceptors (Lipinski definition) is 7. The van der Waals surface area contributed by atoms with E-state index in [1.54, 1.807) is 0 Å². The van der Waals surface area contributed by atoms with Gasteiger partial charge in [-0.2, -0.15) is 0 Å². The highest BCUT2D eigenvalue weighted by Crippen LogP contribution is 2.38. The van der Waals surface area contributed by atoms with Crippen LogP contribution in [0, 0.1) is 0 Å². The Morgan fingerprint density at radius 1 is 0.508 bits per heavy atom. The number of nitrogens with zero attached hydrogens (tertiary/aromatic N) is 1. The summed E-state index contributed by atoms with van der Waals surface area (Å²) in [4.78, 5) is 25.1. The van der Waals surface area contributed by atoms with Gasteiger partial charge < -0.3 is 27.9 Å². The summed E-state index contributed by atoms with van der Waals surface area (Å²) in [5, 5.41) is 0. The van der Waals surface area contributed by atoms with Crippen LogP contribution in [0.2, 0.25) is 0 Å². The minimum Gasteiger partial charge on any atom is -0.756 e. The summed E-state index contributed by atoms with van der Waals surface area (Å²) >= 11 is 0. The molecule has 0 fully saturated rings. The molecule has 0 amide bonds. The first-order valence-electron chi connectivity index (χ1n) is 25.1. The van der Waals surface area contributed by atoms with Gasteiger partial charge in [0.15, 0.2) is 0 Å². The summed E-state index contributed by atoms with van der Waals surface area (Å²) in [6.07, 6.45) is 50.6. The Balaban J connectivity index is 4.12. The van der Waals surface area contributed by atoms with E-state index in [4.69, 9.17) is 18.5 Å². The molecule has 0 aliphatic rings. The molecule has 8 nitrogen and oxygen atoms in total. The molecule has 0 aliphatic heterocycles. The number of phosphoric ester groups is 1. The molecule has 9 heteroatoms. The molecule has 0 aromatic rings. The normalized spacial score (nSPS) is 13.8. The van der Waals surface area contributed by atoms with Gasteiger partial charge in [0.2, 0.25) is 0 Å². The molecule has 0 aliphatic carbocycles. The predicted molar refractivity (Wildman–Crippen MR) is 250 cm³/mol. The van der Waals surface area contributed by atoms with Gasteiger partial charge >= 0.3 is 5.97 Å². The number of esters is 1. The molecule has 350 valence electrons. The van der Waals surface area contributed by atoms with Gasteiger partial charge in [-0.3, -0.25) is 9.36 Å². The number of hydrogen-bond donors (Lipinski definition) is 0. The lowest BCUT2D eigenvalue weighted by atomic mass is 10.1. The van der Waals surface area contributed by atoms with E-state index in [1.807, 2.05) is 21.1 Å². The number of allylic oxidation sites excluding steroid dienone is 4. The van der Waals surface area contributed by atoms with Gasteiger partial charge in [-0.05, 0) is 64.2 Å². The van der Waals surface area contributed by atoms with Gasteiger partial charge in [-0.15, -0.1) is 0 Å². The molecule has 0 aromatic heterocycles. The first kappa shape index (κ1) is 58.0. The van der Waals surface area contributed by atoms with Crippen LogP contribution in [-0.4, -0.2) is 70.7 Å². The third-order valence-corrected chi connectivity index (χ3v) is 11.9. The van der Waals surface area contributed by atoms with Crippen molar-refractivity contribution >= 4 is 13.8 Å². The molecular weight excluding hydrogens is 758 g/mol. The van der Waals surface area contributed by atoms with Crippen LogP contribution in [-0.2, 0) is 27.9 Å². The van der Waals surface area contributed by atoms with Crippen LogP contribution in [0.3, 0.4) is 0 Å². The van der Waals surface area contributed by atoms with Crippen LogP contribution >= 0.6 is 7.82 Å². The summed E-state index contributed by atoms with van der Waals surface area (Å²) in [7, 11) is 1.36. The fourth-order valence-electron chi connectivity index (χ4n) is 7.07. The van der Waals surface area contributed by atoms with Crippen LogP contribution in [0.15, 0.2) is 24.3 Å². The Bertz CT molecular complexity index is 998. The average Bonchev–Trinajstić information content (AvgIpc) is 3.19. The fourth-order valence-corrected chi connectivity index (χ4v) is 7.79. The average molecular weight is 856 g/mol. The lowest BCUT2D eigenvalue weighted by Gasteiger charge is -2.28. The molecule has 0 rings (SSSR count). The molecular formula is C50H98NO7P. The molecule has 59 heavy (non-hydrogen) atoms. The molecule has 0 aromatic carbocycles.